The fourth-order valence-corrected chi connectivity index (χ4v) is 2.18. The summed E-state index contributed by atoms with van der Waals surface area (Å²) in [7, 11) is 1.65. The number of nitrogens with one attached hydrogen (secondary N) is 1. The first-order valence-electron chi connectivity index (χ1n) is 6.61. The minimum absolute atomic E-state index is 0.267. The van der Waals surface area contributed by atoms with Crippen molar-refractivity contribution in [2.45, 2.75) is 6.54 Å². The summed E-state index contributed by atoms with van der Waals surface area (Å²) in [5.41, 5.74) is 0.782. The lowest BCUT2D eigenvalue weighted by molar-refractivity contribution is 0.199. The zero-order valence-electron chi connectivity index (χ0n) is 11.7. The van der Waals surface area contributed by atoms with E-state index in [0.717, 1.165) is 9.13 Å². The van der Waals surface area contributed by atoms with Gasteiger partial charge in [-0.2, -0.15) is 0 Å². The van der Waals surface area contributed by atoms with Crippen LogP contribution in [0.4, 0.5) is 4.39 Å². The highest BCUT2D eigenvalue weighted by Gasteiger charge is 2.10. The van der Waals surface area contributed by atoms with Crippen molar-refractivity contribution in [1.82, 2.24) is 5.32 Å². The van der Waals surface area contributed by atoms with Crippen LogP contribution in [0.3, 0.4) is 0 Å². The van der Waals surface area contributed by atoms with Gasteiger partial charge in [0.1, 0.15) is 5.75 Å². The van der Waals surface area contributed by atoms with E-state index in [-0.39, 0.29) is 11.6 Å². The quantitative estimate of drug-likeness (QED) is 0.563. The summed E-state index contributed by atoms with van der Waals surface area (Å²) in [5.74, 6) is 0.530. The molecule has 0 radical (unpaired) electrons. The molecular weight excluding hydrogens is 384 g/mol. The Morgan fingerprint density at radius 1 is 1.14 bits per heavy atom. The molecule has 0 saturated carbocycles. The van der Waals surface area contributed by atoms with Crippen molar-refractivity contribution >= 4 is 22.6 Å². The summed E-state index contributed by atoms with van der Waals surface area (Å²) in [6.07, 6.45) is 0. The lowest BCUT2D eigenvalue weighted by Gasteiger charge is -2.13. The van der Waals surface area contributed by atoms with Gasteiger partial charge >= 0.3 is 0 Å². The predicted molar refractivity (Wildman–Crippen MR) is 89.2 cm³/mol. The maximum atomic E-state index is 14.0. The van der Waals surface area contributed by atoms with Crippen LogP contribution in [0.5, 0.6) is 11.5 Å². The monoisotopic (exact) mass is 401 g/mol. The van der Waals surface area contributed by atoms with E-state index in [0.29, 0.717) is 25.4 Å². The van der Waals surface area contributed by atoms with Crippen LogP contribution in [0.2, 0.25) is 0 Å². The molecule has 0 bridgehead atoms. The average molecular weight is 401 g/mol. The van der Waals surface area contributed by atoms with Crippen LogP contribution in [0, 0.1) is 9.39 Å². The van der Waals surface area contributed by atoms with Gasteiger partial charge in [-0.3, -0.25) is 0 Å². The zero-order chi connectivity index (χ0) is 15.1. The molecule has 2 aromatic carbocycles. The Kier molecular flexibility index (Phi) is 6.41. The molecule has 0 heterocycles. The van der Waals surface area contributed by atoms with E-state index in [1.807, 2.05) is 30.3 Å². The van der Waals surface area contributed by atoms with Gasteiger partial charge in [-0.15, -0.1) is 0 Å². The molecule has 0 amide bonds. The molecule has 2 aromatic rings. The Morgan fingerprint density at radius 2 is 1.90 bits per heavy atom. The summed E-state index contributed by atoms with van der Waals surface area (Å²) in [5, 5.41) is 3.19. The first-order chi connectivity index (χ1) is 10.2. The molecule has 2 rings (SSSR count). The van der Waals surface area contributed by atoms with E-state index >= 15 is 0 Å². The lowest BCUT2D eigenvalue weighted by atomic mass is 10.2. The van der Waals surface area contributed by atoms with Gasteiger partial charge in [0.15, 0.2) is 11.6 Å². The molecule has 0 saturated heterocycles. The van der Waals surface area contributed by atoms with Crippen LogP contribution in [0.1, 0.15) is 5.56 Å². The fourth-order valence-electron chi connectivity index (χ4n) is 1.82. The Balaban J connectivity index is 2.11. The largest absolute Gasteiger partial charge is 0.454 e. The first-order valence-corrected chi connectivity index (χ1v) is 7.69. The number of methoxy groups -OCH3 is 1. The van der Waals surface area contributed by atoms with E-state index in [2.05, 4.69) is 27.9 Å². The van der Waals surface area contributed by atoms with Crippen molar-refractivity contribution in [1.29, 1.82) is 0 Å². The highest BCUT2D eigenvalue weighted by Crippen LogP contribution is 2.28. The average Bonchev–Trinajstić information content (AvgIpc) is 2.49. The summed E-state index contributed by atoms with van der Waals surface area (Å²) in [6, 6.07) is 12.4. The van der Waals surface area contributed by atoms with Crippen LogP contribution in [-0.2, 0) is 11.3 Å². The fraction of sp³-hybridized carbons (Fsp3) is 0.250. The minimum Gasteiger partial charge on any atom is -0.454 e. The number of hydrogen-bond donors (Lipinski definition) is 1. The summed E-state index contributed by atoms with van der Waals surface area (Å²) < 4.78 is 25.8. The third-order valence-electron chi connectivity index (χ3n) is 2.88. The Morgan fingerprint density at radius 3 is 2.62 bits per heavy atom. The molecular formula is C16H17FINO2. The van der Waals surface area contributed by atoms with E-state index in [4.69, 9.17) is 9.47 Å². The van der Waals surface area contributed by atoms with Crippen molar-refractivity contribution in [3.05, 3.63) is 57.4 Å². The molecule has 0 aromatic heterocycles. The molecule has 0 unspecified atom stereocenters. The molecule has 0 aliphatic heterocycles. The number of para-hydroxylation sites is 1. The number of benzene rings is 2. The van der Waals surface area contributed by atoms with Gasteiger partial charge in [-0.25, -0.2) is 4.39 Å². The molecule has 112 valence electrons. The standard InChI is InChI=1S/C16H17FINO2/c1-20-10-9-19-11-12-3-2-4-15(17)16(12)21-14-7-5-13(18)6-8-14/h2-8,19H,9-11H2,1H3. The topological polar surface area (TPSA) is 30.5 Å². The molecule has 0 fully saturated rings. The molecule has 0 spiro atoms. The zero-order valence-corrected chi connectivity index (χ0v) is 13.9. The smallest absolute Gasteiger partial charge is 0.167 e. The molecule has 0 aliphatic carbocycles. The third kappa shape index (κ3) is 4.94. The second-order valence-corrected chi connectivity index (χ2v) is 5.70. The Bertz CT molecular complexity index is 575. The first kappa shape index (κ1) is 16.2. The van der Waals surface area contributed by atoms with Gasteiger partial charge in [0.05, 0.1) is 6.61 Å². The van der Waals surface area contributed by atoms with Crippen LogP contribution < -0.4 is 10.1 Å². The third-order valence-corrected chi connectivity index (χ3v) is 3.60. The van der Waals surface area contributed by atoms with Crippen LogP contribution >= 0.6 is 22.6 Å². The lowest BCUT2D eigenvalue weighted by Crippen LogP contribution is -2.19. The SMILES string of the molecule is COCCNCc1cccc(F)c1Oc1ccc(I)cc1. The van der Waals surface area contributed by atoms with Crippen molar-refractivity contribution in [2.24, 2.45) is 0 Å². The van der Waals surface area contributed by atoms with E-state index < -0.39 is 0 Å². The molecule has 5 heteroatoms. The van der Waals surface area contributed by atoms with Crippen molar-refractivity contribution in [3.8, 4) is 11.5 Å². The van der Waals surface area contributed by atoms with Gasteiger partial charge in [-0.1, -0.05) is 12.1 Å². The highest BCUT2D eigenvalue weighted by atomic mass is 127. The van der Waals surface area contributed by atoms with Crippen molar-refractivity contribution in [2.75, 3.05) is 20.3 Å². The second-order valence-electron chi connectivity index (χ2n) is 4.45. The minimum atomic E-state index is -0.361. The highest BCUT2D eigenvalue weighted by molar-refractivity contribution is 14.1. The summed E-state index contributed by atoms with van der Waals surface area (Å²) >= 11 is 2.22. The normalized spacial score (nSPS) is 10.6. The summed E-state index contributed by atoms with van der Waals surface area (Å²) in [6.45, 7) is 1.85. The molecule has 3 nitrogen and oxygen atoms in total. The second kappa shape index (κ2) is 8.31. The molecule has 0 aliphatic rings. The van der Waals surface area contributed by atoms with Gasteiger partial charge in [0.25, 0.3) is 0 Å². The van der Waals surface area contributed by atoms with E-state index in [1.54, 1.807) is 13.2 Å². The van der Waals surface area contributed by atoms with Crippen molar-refractivity contribution in [3.63, 3.8) is 0 Å². The molecule has 21 heavy (non-hydrogen) atoms. The Labute approximate surface area is 137 Å². The number of ether oxygens (including phenoxy) is 2. The van der Waals surface area contributed by atoms with Gasteiger partial charge in [0.2, 0.25) is 0 Å². The molecule has 1 N–H and O–H groups in total. The number of halogens is 2. The molecule has 0 atom stereocenters. The van der Waals surface area contributed by atoms with Gasteiger partial charge < -0.3 is 14.8 Å². The predicted octanol–water partition coefficient (Wildman–Crippen LogP) is 3.96. The van der Waals surface area contributed by atoms with Gasteiger partial charge in [-0.05, 0) is 52.9 Å². The maximum absolute atomic E-state index is 14.0. The summed E-state index contributed by atoms with van der Waals surface area (Å²) in [4.78, 5) is 0. The van der Waals surface area contributed by atoms with Crippen LogP contribution in [0.15, 0.2) is 42.5 Å². The van der Waals surface area contributed by atoms with E-state index in [1.165, 1.54) is 6.07 Å². The van der Waals surface area contributed by atoms with Crippen LogP contribution in [-0.4, -0.2) is 20.3 Å². The number of rotatable bonds is 7. The maximum Gasteiger partial charge on any atom is 0.167 e. The number of hydrogen-bond acceptors (Lipinski definition) is 3. The van der Waals surface area contributed by atoms with E-state index in [9.17, 15) is 4.39 Å². The van der Waals surface area contributed by atoms with Crippen LogP contribution in [0.25, 0.3) is 0 Å². The Hall–Kier alpha value is -1.18. The van der Waals surface area contributed by atoms with Gasteiger partial charge in [0, 0.05) is 29.3 Å². The van der Waals surface area contributed by atoms with Crippen molar-refractivity contribution < 1.29 is 13.9 Å².